The van der Waals surface area contributed by atoms with E-state index in [9.17, 15) is 9.59 Å². The van der Waals surface area contributed by atoms with Crippen molar-refractivity contribution in [1.29, 1.82) is 0 Å². The quantitative estimate of drug-likeness (QED) is 0.836. The van der Waals surface area contributed by atoms with Crippen LogP contribution in [0, 0.1) is 0 Å². The summed E-state index contributed by atoms with van der Waals surface area (Å²) in [4.78, 5) is 31.3. The molecule has 2 rings (SSSR count). The Bertz CT molecular complexity index is 644. The molecule has 0 atom stereocenters. The van der Waals surface area contributed by atoms with Gasteiger partial charge >= 0.3 is 0 Å². The predicted octanol–water partition coefficient (Wildman–Crippen LogP) is 1.09. The fourth-order valence-electron chi connectivity index (χ4n) is 1.88. The number of rotatable bonds is 6. The van der Waals surface area contributed by atoms with Gasteiger partial charge < -0.3 is 10.6 Å². The van der Waals surface area contributed by atoms with E-state index in [-0.39, 0.29) is 11.8 Å². The van der Waals surface area contributed by atoms with Crippen molar-refractivity contribution >= 4 is 11.8 Å². The van der Waals surface area contributed by atoms with Gasteiger partial charge in [-0.2, -0.15) is 0 Å². The van der Waals surface area contributed by atoms with Gasteiger partial charge in [-0.15, -0.1) is 0 Å². The lowest BCUT2D eigenvalue weighted by Gasteiger charge is -2.07. The summed E-state index contributed by atoms with van der Waals surface area (Å²) in [5.41, 5.74) is 2.10. The number of amides is 2. The molecule has 0 saturated carbocycles. The Morgan fingerprint density at radius 2 is 1.86 bits per heavy atom. The summed E-state index contributed by atoms with van der Waals surface area (Å²) >= 11 is 0. The Morgan fingerprint density at radius 3 is 2.59 bits per heavy atom. The molecule has 0 saturated heterocycles. The minimum Gasteiger partial charge on any atom is -0.352 e. The van der Waals surface area contributed by atoms with Gasteiger partial charge in [0.05, 0.1) is 12.2 Å². The van der Waals surface area contributed by atoms with Crippen LogP contribution in [0.15, 0.2) is 42.7 Å². The Balaban J connectivity index is 1.86. The molecule has 2 aromatic rings. The normalized spacial score (nSPS) is 10.0. The van der Waals surface area contributed by atoms with Crippen molar-refractivity contribution < 1.29 is 9.59 Å². The molecule has 0 radical (unpaired) electrons. The molecule has 0 aliphatic rings. The van der Waals surface area contributed by atoms with Crippen LogP contribution < -0.4 is 10.6 Å². The van der Waals surface area contributed by atoms with Crippen LogP contribution in [0.3, 0.4) is 0 Å². The van der Waals surface area contributed by atoms with Crippen LogP contribution in [0.1, 0.15) is 28.7 Å². The SMILES string of the molecule is CC(=O)NCc1cc(C(=O)NCCc2ccccn2)ccn1. The van der Waals surface area contributed by atoms with E-state index in [1.165, 1.54) is 6.92 Å². The average Bonchev–Trinajstić information content (AvgIpc) is 2.54. The van der Waals surface area contributed by atoms with Gasteiger partial charge in [0, 0.05) is 43.5 Å². The Kier molecular flexibility index (Phi) is 5.59. The van der Waals surface area contributed by atoms with Crippen molar-refractivity contribution in [3.05, 3.63) is 59.7 Å². The largest absolute Gasteiger partial charge is 0.352 e. The number of carbonyl (C=O) groups excluding carboxylic acids is 2. The zero-order chi connectivity index (χ0) is 15.8. The van der Waals surface area contributed by atoms with Crippen LogP contribution in [0.25, 0.3) is 0 Å². The minimum absolute atomic E-state index is 0.132. The van der Waals surface area contributed by atoms with E-state index in [2.05, 4.69) is 20.6 Å². The standard InChI is InChI=1S/C16H18N4O2/c1-12(21)20-11-15-10-13(5-8-18-15)16(22)19-9-6-14-4-2-3-7-17-14/h2-5,7-8,10H,6,9,11H2,1H3,(H,19,22)(H,20,21). The van der Waals surface area contributed by atoms with Crippen molar-refractivity contribution in [3.63, 3.8) is 0 Å². The molecule has 0 fully saturated rings. The van der Waals surface area contributed by atoms with E-state index in [4.69, 9.17) is 0 Å². The maximum Gasteiger partial charge on any atom is 0.251 e. The molecular weight excluding hydrogens is 280 g/mol. The van der Waals surface area contributed by atoms with Crippen molar-refractivity contribution in [3.8, 4) is 0 Å². The molecule has 0 aliphatic heterocycles. The van der Waals surface area contributed by atoms with Crippen molar-refractivity contribution in [2.45, 2.75) is 19.9 Å². The molecule has 2 N–H and O–H groups in total. The summed E-state index contributed by atoms with van der Waals surface area (Å²) in [6.07, 6.45) is 3.97. The molecule has 2 amide bonds. The first-order chi connectivity index (χ1) is 10.6. The Morgan fingerprint density at radius 1 is 1.05 bits per heavy atom. The Hall–Kier alpha value is -2.76. The first kappa shape index (κ1) is 15.6. The van der Waals surface area contributed by atoms with Crippen LogP contribution in [0.4, 0.5) is 0 Å². The van der Waals surface area contributed by atoms with E-state index in [1.54, 1.807) is 24.5 Å². The molecule has 0 aromatic carbocycles. The monoisotopic (exact) mass is 298 g/mol. The van der Waals surface area contributed by atoms with E-state index in [0.717, 1.165) is 5.69 Å². The smallest absolute Gasteiger partial charge is 0.251 e. The van der Waals surface area contributed by atoms with E-state index < -0.39 is 0 Å². The molecule has 0 bridgehead atoms. The van der Waals surface area contributed by atoms with Crippen LogP contribution in [-0.2, 0) is 17.8 Å². The summed E-state index contributed by atoms with van der Waals surface area (Å²) in [5.74, 6) is -0.297. The third-order valence-corrected chi connectivity index (χ3v) is 2.99. The molecule has 114 valence electrons. The first-order valence-corrected chi connectivity index (χ1v) is 7.02. The number of carbonyl (C=O) groups is 2. The zero-order valence-electron chi connectivity index (χ0n) is 12.4. The highest BCUT2D eigenvalue weighted by Gasteiger charge is 2.07. The second kappa shape index (κ2) is 7.87. The molecule has 6 heteroatoms. The fourth-order valence-corrected chi connectivity index (χ4v) is 1.88. The number of hydrogen-bond donors (Lipinski definition) is 2. The number of pyridine rings is 2. The lowest BCUT2D eigenvalue weighted by Crippen LogP contribution is -2.26. The van der Waals surface area contributed by atoms with Gasteiger partial charge in [-0.3, -0.25) is 19.6 Å². The van der Waals surface area contributed by atoms with E-state index in [0.29, 0.717) is 30.8 Å². The lowest BCUT2D eigenvalue weighted by molar-refractivity contribution is -0.119. The van der Waals surface area contributed by atoms with Crippen molar-refractivity contribution in [2.24, 2.45) is 0 Å². The number of aromatic nitrogens is 2. The van der Waals surface area contributed by atoms with Gasteiger partial charge in [0.25, 0.3) is 5.91 Å². The lowest BCUT2D eigenvalue weighted by atomic mass is 10.2. The summed E-state index contributed by atoms with van der Waals surface area (Å²) in [7, 11) is 0. The topological polar surface area (TPSA) is 84.0 Å². The van der Waals surface area contributed by atoms with Gasteiger partial charge in [0.2, 0.25) is 5.91 Å². The molecule has 0 spiro atoms. The fraction of sp³-hybridized carbons (Fsp3) is 0.250. The average molecular weight is 298 g/mol. The molecular formula is C16H18N4O2. The van der Waals surface area contributed by atoms with Gasteiger partial charge in [0.15, 0.2) is 0 Å². The first-order valence-electron chi connectivity index (χ1n) is 7.02. The maximum atomic E-state index is 12.1. The zero-order valence-corrected chi connectivity index (χ0v) is 12.4. The molecule has 2 aromatic heterocycles. The number of nitrogens with zero attached hydrogens (tertiary/aromatic N) is 2. The van der Waals surface area contributed by atoms with E-state index >= 15 is 0 Å². The molecule has 22 heavy (non-hydrogen) atoms. The second-order valence-electron chi connectivity index (χ2n) is 4.77. The van der Waals surface area contributed by atoms with Gasteiger partial charge in [-0.25, -0.2) is 0 Å². The highest BCUT2D eigenvalue weighted by Crippen LogP contribution is 2.02. The highest BCUT2D eigenvalue weighted by atomic mass is 16.2. The maximum absolute atomic E-state index is 12.1. The minimum atomic E-state index is -0.164. The van der Waals surface area contributed by atoms with Crippen LogP contribution >= 0.6 is 0 Å². The van der Waals surface area contributed by atoms with Gasteiger partial charge in [-0.1, -0.05) is 6.07 Å². The van der Waals surface area contributed by atoms with Crippen LogP contribution in [0.2, 0.25) is 0 Å². The summed E-state index contributed by atoms with van der Waals surface area (Å²) in [5, 5.41) is 5.50. The van der Waals surface area contributed by atoms with Crippen LogP contribution in [-0.4, -0.2) is 28.3 Å². The van der Waals surface area contributed by atoms with Gasteiger partial charge in [-0.05, 0) is 24.3 Å². The molecule has 2 heterocycles. The van der Waals surface area contributed by atoms with Gasteiger partial charge in [0.1, 0.15) is 0 Å². The molecule has 0 unspecified atom stereocenters. The molecule has 6 nitrogen and oxygen atoms in total. The predicted molar refractivity (Wildman–Crippen MR) is 82.0 cm³/mol. The number of nitrogens with one attached hydrogen (secondary N) is 2. The summed E-state index contributed by atoms with van der Waals surface area (Å²) in [6, 6.07) is 9.01. The third kappa shape index (κ3) is 4.97. The Labute approximate surface area is 129 Å². The van der Waals surface area contributed by atoms with Crippen molar-refractivity contribution in [1.82, 2.24) is 20.6 Å². The number of hydrogen-bond acceptors (Lipinski definition) is 4. The molecule has 0 aliphatic carbocycles. The summed E-state index contributed by atoms with van der Waals surface area (Å²) < 4.78 is 0. The van der Waals surface area contributed by atoms with E-state index in [1.807, 2.05) is 18.2 Å². The third-order valence-electron chi connectivity index (χ3n) is 2.99. The highest BCUT2D eigenvalue weighted by molar-refractivity contribution is 5.94. The summed E-state index contributed by atoms with van der Waals surface area (Å²) in [6.45, 7) is 2.26. The van der Waals surface area contributed by atoms with Crippen LogP contribution in [0.5, 0.6) is 0 Å². The second-order valence-corrected chi connectivity index (χ2v) is 4.77. The van der Waals surface area contributed by atoms with Crippen molar-refractivity contribution in [2.75, 3.05) is 6.54 Å².